The van der Waals surface area contributed by atoms with E-state index in [1.165, 1.54) is 12.1 Å². The molecule has 1 aromatic rings. The van der Waals surface area contributed by atoms with Gasteiger partial charge in [0.05, 0.1) is 11.6 Å². The summed E-state index contributed by atoms with van der Waals surface area (Å²) in [5.74, 6) is -0.366. The second-order valence-corrected chi connectivity index (χ2v) is 3.93. The van der Waals surface area contributed by atoms with Crippen molar-refractivity contribution < 1.29 is 18.0 Å². The fraction of sp³-hybridized carbons (Fsp3) is 0.417. The summed E-state index contributed by atoms with van der Waals surface area (Å²) in [5, 5.41) is 2.50. The maximum Gasteiger partial charge on any atom is 0.416 e. The molecule has 0 fully saturated rings. The Hall–Kier alpha value is -1.56. The van der Waals surface area contributed by atoms with E-state index in [0.717, 1.165) is 12.1 Å². The van der Waals surface area contributed by atoms with Crippen molar-refractivity contribution in [1.29, 1.82) is 0 Å². The number of carbonyl (C=O) groups is 1. The lowest BCUT2D eigenvalue weighted by Gasteiger charge is -2.11. The van der Waals surface area contributed by atoms with Crippen molar-refractivity contribution in [3.8, 4) is 0 Å². The molecule has 3 N–H and O–H groups in total. The van der Waals surface area contributed by atoms with Gasteiger partial charge in [0.25, 0.3) is 0 Å². The van der Waals surface area contributed by atoms with E-state index in [9.17, 15) is 18.0 Å². The maximum absolute atomic E-state index is 12.4. The molecule has 0 heterocycles. The van der Waals surface area contributed by atoms with Gasteiger partial charge in [-0.2, -0.15) is 13.2 Å². The van der Waals surface area contributed by atoms with Gasteiger partial charge < -0.3 is 11.1 Å². The predicted molar refractivity (Wildman–Crippen MR) is 61.6 cm³/mol. The highest BCUT2D eigenvalue weighted by atomic mass is 19.4. The number of amides is 1. The summed E-state index contributed by atoms with van der Waals surface area (Å²) >= 11 is 0. The Bertz CT molecular complexity index is 418. The number of rotatable bonds is 4. The molecule has 100 valence electrons. The molecule has 3 nitrogen and oxygen atoms in total. The topological polar surface area (TPSA) is 55.1 Å². The van der Waals surface area contributed by atoms with E-state index in [1.54, 1.807) is 6.92 Å². The van der Waals surface area contributed by atoms with Crippen LogP contribution in [0.1, 0.15) is 24.5 Å². The monoisotopic (exact) mass is 260 g/mol. The molecule has 1 rings (SSSR count). The zero-order valence-corrected chi connectivity index (χ0v) is 9.92. The Kier molecular flexibility index (Phi) is 4.72. The van der Waals surface area contributed by atoms with E-state index in [4.69, 9.17) is 5.73 Å². The molecule has 0 spiro atoms. The van der Waals surface area contributed by atoms with Crippen molar-refractivity contribution in [2.24, 2.45) is 5.73 Å². The van der Waals surface area contributed by atoms with Crippen molar-refractivity contribution in [3.63, 3.8) is 0 Å². The molecular weight excluding hydrogens is 245 g/mol. The first-order valence-corrected chi connectivity index (χ1v) is 5.54. The van der Waals surface area contributed by atoms with E-state index in [2.05, 4.69) is 5.32 Å². The average Bonchev–Trinajstić information content (AvgIpc) is 2.34. The number of halogens is 3. The number of nitrogens with two attached hydrogens (primary N) is 1. The molecule has 0 bridgehead atoms. The SMILES string of the molecule is CCC(N)C(=O)NCc1cccc(C(F)(F)F)c1. The van der Waals surface area contributed by atoms with Gasteiger partial charge >= 0.3 is 6.18 Å². The molecule has 18 heavy (non-hydrogen) atoms. The lowest BCUT2D eigenvalue weighted by molar-refractivity contribution is -0.137. The number of hydrogen-bond donors (Lipinski definition) is 2. The smallest absolute Gasteiger partial charge is 0.351 e. The van der Waals surface area contributed by atoms with Gasteiger partial charge in [0.15, 0.2) is 0 Å². The van der Waals surface area contributed by atoms with Crippen molar-refractivity contribution >= 4 is 5.91 Å². The van der Waals surface area contributed by atoms with E-state index >= 15 is 0 Å². The quantitative estimate of drug-likeness (QED) is 0.870. The predicted octanol–water partition coefficient (Wildman–Crippen LogP) is 2.06. The van der Waals surface area contributed by atoms with E-state index < -0.39 is 17.8 Å². The summed E-state index contributed by atoms with van der Waals surface area (Å²) in [6, 6.07) is 4.20. The summed E-state index contributed by atoms with van der Waals surface area (Å²) in [5.41, 5.74) is 5.15. The Morgan fingerprint density at radius 2 is 2.11 bits per heavy atom. The third kappa shape index (κ3) is 4.03. The van der Waals surface area contributed by atoms with Gasteiger partial charge in [0.2, 0.25) is 5.91 Å². The highest BCUT2D eigenvalue weighted by molar-refractivity contribution is 5.81. The van der Waals surface area contributed by atoms with Crippen LogP contribution in [-0.2, 0) is 17.5 Å². The number of carbonyl (C=O) groups excluding carboxylic acids is 1. The minimum atomic E-state index is -4.38. The summed E-state index contributed by atoms with van der Waals surface area (Å²) < 4.78 is 37.3. The Morgan fingerprint density at radius 3 is 2.67 bits per heavy atom. The fourth-order valence-corrected chi connectivity index (χ4v) is 1.36. The van der Waals surface area contributed by atoms with Crippen LogP contribution in [-0.4, -0.2) is 11.9 Å². The first-order valence-electron chi connectivity index (χ1n) is 5.54. The molecule has 1 amide bonds. The first-order chi connectivity index (χ1) is 8.34. The molecule has 6 heteroatoms. The molecule has 0 aliphatic heterocycles. The van der Waals surface area contributed by atoms with Crippen LogP contribution in [0.3, 0.4) is 0 Å². The third-order valence-corrected chi connectivity index (χ3v) is 2.50. The van der Waals surface area contributed by atoms with Gasteiger partial charge in [0.1, 0.15) is 0 Å². The van der Waals surface area contributed by atoms with Crippen molar-refractivity contribution in [2.45, 2.75) is 32.1 Å². The minimum Gasteiger partial charge on any atom is -0.351 e. The molecule has 0 aliphatic rings. The normalized spacial score (nSPS) is 13.2. The molecule has 0 aliphatic carbocycles. The number of benzene rings is 1. The lowest BCUT2D eigenvalue weighted by Crippen LogP contribution is -2.39. The number of alkyl halides is 3. The fourth-order valence-electron chi connectivity index (χ4n) is 1.36. The maximum atomic E-state index is 12.4. The summed E-state index contributed by atoms with van der Waals surface area (Å²) in [7, 11) is 0. The second-order valence-electron chi connectivity index (χ2n) is 3.93. The summed E-state index contributed by atoms with van der Waals surface area (Å²) in [4.78, 5) is 11.4. The standard InChI is InChI=1S/C12H15F3N2O/c1-2-10(16)11(18)17-7-8-4-3-5-9(6-8)12(13,14)15/h3-6,10H,2,7,16H2,1H3,(H,17,18). The third-order valence-electron chi connectivity index (χ3n) is 2.50. The van der Waals surface area contributed by atoms with Crippen LogP contribution in [0.5, 0.6) is 0 Å². The van der Waals surface area contributed by atoms with E-state index in [1.807, 2.05) is 0 Å². The van der Waals surface area contributed by atoms with Crippen LogP contribution >= 0.6 is 0 Å². The Balaban J connectivity index is 2.66. The molecule has 1 atom stereocenters. The van der Waals surface area contributed by atoms with Gasteiger partial charge in [0, 0.05) is 6.54 Å². The van der Waals surface area contributed by atoms with Crippen LogP contribution in [0.2, 0.25) is 0 Å². The summed E-state index contributed by atoms with van der Waals surface area (Å²) in [6.07, 6.45) is -3.89. The highest BCUT2D eigenvalue weighted by Crippen LogP contribution is 2.29. The zero-order chi connectivity index (χ0) is 13.8. The van der Waals surface area contributed by atoms with E-state index in [-0.39, 0.29) is 12.5 Å². The molecule has 1 unspecified atom stereocenters. The van der Waals surface area contributed by atoms with Gasteiger partial charge in [-0.05, 0) is 24.1 Å². The van der Waals surface area contributed by atoms with Gasteiger partial charge in [-0.25, -0.2) is 0 Å². The number of nitrogens with one attached hydrogen (secondary N) is 1. The van der Waals surface area contributed by atoms with Crippen molar-refractivity contribution in [3.05, 3.63) is 35.4 Å². The van der Waals surface area contributed by atoms with Gasteiger partial charge in [-0.1, -0.05) is 19.1 Å². The minimum absolute atomic E-state index is 0.0381. The molecule has 1 aromatic carbocycles. The first kappa shape index (κ1) is 14.5. The van der Waals surface area contributed by atoms with Crippen molar-refractivity contribution in [1.82, 2.24) is 5.32 Å². The Labute approximate surface area is 103 Å². The van der Waals surface area contributed by atoms with Gasteiger partial charge in [-0.3, -0.25) is 4.79 Å². The molecule has 0 saturated carbocycles. The van der Waals surface area contributed by atoms with E-state index in [0.29, 0.717) is 12.0 Å². The summed E-state index contributed by atoms with van der Waals surface area (Å²) in [6.45, 7) is 1.80. The Morgan fingerprint density at radius 1 is 1.44 bits per heavy atom. The largest absolute Gasteiger partial charge is 0.416 e. The average molecular weight is 260 g/mol. The van der Waals surface area contributed by atoms with Crippen LogP contribution < -0.4 is 11.1 Å². The number of hydrogen-bond acceptors (Lipinski definition) is 2. The molecule has 0 radical (unpaired) electrons. The zero-order valence-electron chi connectivity index (χ0n) is 9.92. The van der Waals surface area contributed by atoms with Crippen LogP contribution in [0.15, 0.2) is 24.3 Å². The van der Waals surface area contributed by atoms with Gasteiger partial charge in [-0.15, -0.1) is 0 Å². The lowest BCUT2D eigenvalue weighted by atomic mass is 10.1. The van der Waals surface area contributed by atoms with Crippen LogP contribution in [0, 0.1) is 0 Å². The van der Waals surface area contributed by atoms with Crippen LogP contribution in [0.25, 0.3) is 0 Å². The molecular formula is C12H15F3N2O. The second kappa shape index (κ2) is 5.86. The molecule has 0 aromatic heterocycles. The van der Waals surface area contributed by atoms with Crippen LogP contribution in [0.4, 0.5) is 13.2 Å². The highest BCUT2D eigenvalue weighted by Gasteiger charge is 2.30. The van der Waals surface area contributed by atoms with Crippen molar-refractivity contribution in [2.75, 3.05) is 0 Å². The molecule has 0 saturated heterocycles.